The molecule has 4 atom stereocenters. The van der Waals surface area contributed by atoms with Gasteiger partial charge in [0.15, 0.2) is 0 Å². The van der Waals surface area contributed by atoms with Crippen molar-refractivity contribution < 1.29 is 15.0 Å². The second-order valence-electron chi connectivity index (χ2n) is 3.84. The SMILES string of the molecule is NC1C=CN([C@H]2C[C@H](O)[C@@H](CO)S2)C(=O)N1. The number of hydrogen-bond acceptors (Lipinski definition) is 5. The molecule has 7 heteroatoms. The molecule has 0 saturated carbocycles. The van der Waals surface area contributed by atoms with Crippen LogP contribution in [0.3, 0.4) is 0 Å². The molecule has 5 N–H and O–H groups in total. The lowest BCUT2D eigenvalue weighted by molar-refractivity contribution is 0.132. The van der Waals surface area contributed by atoms with E-state index < -0.39 is 12.3 Å². The molecule has 6 nitrogen and oxygen atoms in total. The van der Waals surface area contributed by atoms with Crippen molar-refractivity contribution in [2.24, 2.45) is 5.73 Å². The van der Waals surface area contributed by atoms with Crippen LogP contribution in [0.5, 0.6) is 0 Å². The van der Waals surface area contributed by atoms with E-state index in [-0.39, 0.29) is 23.3 Å². The van der Waals surface area contributed by atoms with Gasteiger partial charge in [0, 0.05) is 12.6 Å². The molecule has 1 saturated heterocycles. The summed E-state index contributed by atoms with van der Waals surface area (Å²) in [5, 5.41) is 20.9. The van der Waals surface area contributed by atoms with Gasteiger partial charge < -0.3 is 21.3 Å². The Labute approximate surface area is 97.5 Å². The van der Waals surface area contributed by atoms with Crippen LogP contribution in [0.1, 0.15) is 6.42 Å². The minimum atomic E-state index is -0.572. The van der Waals surface area contributed by atoms with E-state index in [1.54, 1.807) is 12.3 Å². The number of urea groups is 1. The molecule has 1 unspecified atom stereocenters. The molecular weight excluding hydrogens is 230 g/mol. The highest BCUT2D eigenvalue weighted by Gasteiger charge is 2.38. The quantitative estimate of drug-likeness (QED) is 0.500. The van der Waals surface area contributed by atoms with Gasteiger partial charge in [-0.15, -0.1) is 11.8 Å². The molecule has 0 radical (unpaired) electrons. The Kier molecular flexibility index (Phi) is 3.38. The summed E-state index contributed by atoms with van der Waals surface area (Å²) in [6.07, 6.45) is 2.75. The fourth-order valence-electron chi connectivity index (χ4n) is 1.80. The van der Waals surface area contributed by atoms with Crippen molar-refractivity contribution in [2.75, 3.05) is 6.61 Å². The van der Waals surface area contributed by atoms with E-state index in [1.165, 1.54) is 16.7 Å². The molecule has 0 aromatic rings. The number of hydrogen-bond donors (Lipinski definition) is 4. The summed E-state index contributed by atoms with van der Waals surface area (Å²) in [4.78, 5) is 13.1. The highest BCUT2D eigenvalue weighted by atomic mass is 32.2. The molecule has 2 aliphatic rings. The molecule has 0 aromatic heterocycles. The van der Waals surface area contributed by atoms with Crippen molar-refractivity contribution in [2.45, 2.75) is 29.3 Å². The van der Waals surface area contributed by atoms with Gasteiger partial charge in [-0.2, -0.15) is 0 Å². The monoisotopic (exact) mass is 245 g/mol. The van der Waals surface area contributed by atoms with Crippen LogP contribution >= 0.6 is 11.8 Å². The van der Waals surface area contributed by atoms with Crippen molar-refractivity contribution in [3.63, 3.8) is 0 Å². The van der Waals surface area contributed by atoms with Crippen LogP contribution in [0.15, 0.2) is 12.3 Å². The van der Waals surface area contributed by atoms with E-state index in [4.69, 9.17) is 10.8 Å². The Morgan fingerprint density at radius 1 is 1.69 bits per heavy atom. The van der Waals surface area contributed by atoms with E-state index in [2.05, 4.69) is 5.32 Å². The van der Waals surface area contributed by atoms with Crippen LogP contribution in [-0.2, 0) is 0 Å². The number of aliphatic hydroxyl groups is 2. The number of rotatable bonds is 2. The van der Waals surface area contributed by atoms with Gasteiger partial charge in [-0.25, -0.2) is 4.79 Å². The number of nitrogens with two attached hydrogens (primary N) is 1. The molecule has 2 aliphatic heterocycles. The predicted octanol–water partition coefficient (Wildman–Crippen LogP) is -1.01. The molecule has 1 fully saturated rings. The topological polar surface area (TPSA) is 98.8 Å². The molecular formula is C9H15N3O3S. The number of nitrogens with zero attached hydrogens (tertiary/aromatic N) is 1. The largest absolute Gasteiger partial charge is 0.395 e. The molecule has 2 rings (SSSR count). The molecule has 2 amide bonds. The number of nitrogens with one attached hydrogen (secondary N) is 1. The number of thioether (sulfide) groups is 1. The highest BCUT2D eigenvalue weighted by molar-refractivity contribution is 8.00. The third-order valence-corrected chi connectivity index (χ3v) is 4.22. The zero-order valence-corrected chi connectivity index (χ0v) is 9.43. The van der Waals surface area contributed by atoms with Crippen LogP contribution in [-0.4, -0.2) is 50.6 Å². The normalized spacial score (nSPS) is 38.9. The predicted molar refractivity (Wildman–Crippen MR) is 60.4 cm³/mol. The molecule has 2 heterocycles. The van der Waals surface area contributed by atoms with Crippen LogP contribution in [0.25, 0.3) is 0 Å². The number of amides is 2. The lowest BCUT2D eigenvalue weighted by Gasteiger charge is -2.29. The van der Waals surface area contributed by atoms with Crippen molar-refractivity contribution >= 4 is 17.8 Å². The van der Waals surface area contributed by atoms with Gasteiger partial charge in [0.1, 0.15) is 0 Å². The second-order valence-corrected chi connectivity index (χ2v) is 5.26. The molecule has 0 spiro atoms. The summed E-state index contributed by atoms with van der Waals surface area (Å²) in [5.41, 5.74) is 5.53. The highest BCUT2D eigenvalue weighted by Crippen LogP contribution is 2.36. The summed E-state index contributed by atoms with van der Waals surface area (Å²) >= 11 is 1.40. The first kappa shape index (κ1) is 11.7. The summed E-state index contributed by atoms with van der Waals surface area (Å²) < 4.78 is 0. The van der Waals surface area contributed by atoms with Gasteiger partial charge in [-0.05, 0) is 6.08 Å². The third kappa shape index (κ3) is 2.17. The maximum atomic E-state index is 11.6. The number of aliphatic hydroxyl groups excluding tert-OH is 2. The van der Waals surface area contributed by atoms with E-state index in [0.29, 0.717) is 6.42 Å². The zero-order chi connectivity index (χ0) is 11.7. The smallest absolute Gasteiger partial charge is 0.323 e. The van der Waals surface area contributed by atoms with E-state index in [1.807, 2.05) is 0 Å². The first-order valence-electron chi connectivity index (χ1n) is 5.09. The minimum Gasteiger partial charge on any atom is -0.395 e. The van der Waals surface area contributed by atoms with Gasteiger partial charge in [-0.3, -0.25) is 4.90 Å². The standard InChI is InChI=1S/C9H15N3O3S/c10-7-1-2-12(9(15)11-7)8-3-5(14)6(4-13)16-8/h1-2,5-8,13-14H,3-4,10H2,(H,11,15)/t5-,6+,7?,8+/m0/s1. The zero-order valence-electron chi connectivity index (χ0n) is 8.61. The maximum Gasteiger partial charge on any atom is 0.323 e. The van der Waals surface area contributed by atoms with Crippen molar-refractivity contribution in [1.82, 2.24) is 10.2 Å². The fraction of sp³-hybridized carbons (Fsp3) is 0.667. The van der Waals surface area contributed by atoms with Crippen molar-refractivity contribution in [1.29, 1.82) is 0 Å². The van der Waals surface area contributed by atoms with Crippen molar-refractivity contribution in [3.05, 3.63) is 12.3 Å². The average Bonchev–Trinajstić information content (AvgIpc) is 2.59. The van der Waals surface area contributed by atoms with Gasteiger partial charge in [0.25, 0.3) is 0 Å². The Morgan fingerprint density at radius 2 is 2.44 bits per heavy atom. The Hall–Kier alpha value is -0.760. The summed E-state index contributed by atoms with van der Waals surface area (Å²) in [5.74, 6) is 0. The van der Waals surface area contributed by atoms with Gasteiger partial charge >= 0.3 is 6.03 Å². The Balaban J connectivity index is 2.04. The van der Waals surface area contributed by atoms with E-state index >= 15 is 0 Å². The van der Waals surface area contributed by atoms with Crippen LogP contribution < -0.4 is 11.1 Å². The molecule has 0 aromatic carbocycles. The minimum absolute atomic E-state index is 0.0823. The Morgan fingerprint density at radius 3 is 3.00 bits per heavy atom. The van der Waals surface area contributed by atoms with Gasteiger partial charge in [0.05, 0.1) is 29.5 Å². The lowest BCUT2D eigenvalue weighted by atomic mass is 10.2. The summed E-state index contributed by atoms with van der Waals surface area (Å²) in [7, 11) is 0. The van der Waals surface area contributed by atoms with Crippen molar-refractivity contribution in [3.8, 4) is 0 Å². The van der Waals surface area contributed by atoms with E-state index in [0.717, 1.165) is 0 Å². The second kappa shape index (κ2) is 4.62. The van der Waals surface area contributed by atoms with E-state index in [9.17, 15) is 9.90 Å². The molecule has 0 bridgehead atoms. The number of carbonyl (C=O) groups is 1. The summed E-state index contributed by atoms with van der Waals surface area (Å²) in [6, 6.07) is -0.265. The Bertz CT molecular complexity index is 312. The molecule has 16 heavy (non-hydrogen) atoms. The fourth-order valence-corrected chi connectivity index (χ4v) is 3.18. The maximum absolute atomic E-state index is 11.6. The van der Waals surface area contributed by atoms with Gasteiger partial charge in [-0.1, -0.05) is 0 Å². The third-order valence-electron chi connectivity index (χ3n) is 2.67. The average molecular weight is 245 g/mol. The first-order valence-corrected chi connectivity index (χ1v) is 6.03. The van der Waals surface area contributed by atoms with Gasteiger partial charge in [0.2, 0.25) is 0 Å². The number of carbonyl (C=O) groups excluding carboxylic acids is 1. The van der Waals surface area contributed by atoms with Crippen LogP contribution in [0.4, 0.5) is 4.79 Å². The summed E-state index contributed by atoms with van der Waals surface area (Å²) in [6.45, 7) is -0.0823. The van der Waals surface area contributed by atoms with Crippen LogP contribution in [0.2, 0.25) is 0 Å². The van der Waals surface area contributed by atoms with Crippen LogP contribution in [0, 0.1) is 0 Å². The lowest BCUT2D eigenvalue weighted by Crippen LogP contribution is -2.51. The molecule has 90 valence electrons. The first-order chi connectivity index (χ1) is 7.61. The molecule has 0 aliphatic carbocycles.